The first-order valence-electron chi connectivity index (χ1n) is 4.69. The fourth-order valence-corrected chi connectivity index (χ4v) is 1.56. The zero-order chi connectivity index (χ0) is 11.1. The van der Waals surface area contributed by atoms with Crippen molar-refractivity contribution in [3.05, 3.63) is 36.0 Å². The molecule has 1 heterocycles. The van der Waals surface area contributed by atoms with Crippen LogP contribution in [0.5, 0.6) is 0 Å². The zero-order valence-electron chi connectivity index (χ0n) is 8.66. The number of para-hydroxylation sites is 1. The van der Waals surface area contributed by atoms with Gasteiger partial charge >= 0.3 is 0 Å². The van der Waals surface area contributed by atoms with Gasteiger partial charge in [0, 0.05) is 5.39 Å². The molecule has 1 aromatic carbocycles. The number of hydrogen-bond acceptors (Lipinski definition) is 3. The monoisotopic (exact) mass is 205 g/mol. The van der Waals surface area contributed by atoms with E-state index in [1.807, 2.05) is 13.8 Å². The zero-order valence-corrected chi connectivity index (χ0v) is 8.66. The molecule has 0 atom stereocenters. The van der Waals surface area contributed by atoms with Gasteiger partial charge in [0.05, 0.1) is 11.2 Å². The lowest BCUT2D eigenvalue weighted by atomic mass is 9.98. The summed E-state index contributed by atoms with van der Waals surface area (Å²) in [7, 11) is 0. The van der Waals surface area contributed by atoms with Crippen molar-refractivity contribution in [3.63, 3.8) is 0 Å². The van der Waals surface area contributed by atoms with Crippen molar-refractivity contribution in [2.24, 2.45) is 5.73 Å². The second kappa shape index (κ2) is 3.24. The predicted octanol–water partition coefficient (Wildman–Crippen LogP) is 1.96. The van der Waals surface area contributed by atoms with Gasteiger partial charge in [-0.3, -0.25) is 0 Å². The Bertz CT molecular complexity index is 503. The van der Waals surface area contributed by atoms with E-state index in [4.69, 9.17) is 5.73 Å². The van der Waals surface area contributed by atoms with Crippen molar-refractivity contribution >= 4 is 10.9 Å². The highest BCUT2D eigenvalue weighted by Crippen LogP contribution is 2.24. The van der Waals surface area contributed by atoms with Gasteiger partial charge in [-0.1, -0.05) is 12.1 Å². The van der Waals surface area contributed by atoms with Crippen LogP contribution in [0.1, 0.15) is 19.5 Å². The topological polar surface area (TPSA) is 51.8 Å². The molecule has 1 aromatic heterocycles. The molecule has 2 aromatic rings. The third-order valence-electron chi connectivity index (χ3n) is 2.23. The number of nitrogens with zero attached hydrogens (tertiary/aromatic N) is 2. The van der Waals surface area contributed by atoms with Gasteiger partial charge in [0.25, 0.3) is 0 Å². The molecule has 0 bridgehead atoms. The molecule has 0 unspecified atom stereocenters. The Balaban J connectivity index is 2.83. The SMILES string of the molecule is CC(C)(N)c1ncnc2c(F)cccc12. The highest BCUT2D eigenvalue weighted by Gasteiger charge is 2.20. The van der Waals surface area contributed by atoms with Gasteiger partial charge in [0.15, 0.2) is 0 Å². The first-order valence-corrected chi connectivity index (χ1v) is 4.69. The maximum Gasteiger partial charge on any atom is 0.149 e. The molecule has 0 radical (unpaired) electrons. The molecular weight excluding hydrogens is 193 g/mol. The van der Waals surface area contributed by atoms with Crippen LogP contribution in [0.4, 0.5) is 4.39 Å². The maximum atomic E-state index is 13.4. The summed E-state index contributed by atoms with van der Waals surface area (Å²) >= 11 is 0. The smallest absolute Gasteiger partial charge is 0.149 e. The van der Waals surface area contributed by atoms with E-state index in [1.165, 1.54) is 12.4 Å². The Morgan fingerprint density at radius 2 is 2.00 bits per heavy atom. The molecule has 15 heavy (non-hydrogen) atoms. The molecule has 0 aliphatic heterocycles. The summed E-state index contributed by atoms with van der Waals surface area (Å²) < 4.78 is 13.4. The summed E-state index contributed by atoms with van der Waals surface area (Å²) in [6.45, 7) is 3.67. The minimum Gasteiger partial charge on any atom is -0.321 e. The standard InChI is InChI=1S/C11H12FN3/c1-11(2,13)10-7-4-3-5-8(12)9(7)14-6-15-10/h3-6H,13H2,1-2H3. The van der Waals surface area contributed by atoms with Crippen LogP contribution in [0.15, 0.2) is 24.5 Å². The van der Waals surface area contributed by atoms with Crippen LogP contribution >= 0.6 is 0 Å². The summed E-state index contributed by atoms with van der Waals surface area (Å²) in [5, 5.41) is 0.671. The fourth-order valence-electron chi connectivity index (χ4n) is 1.56. The quantitative estimate of drug-likeness (QED) is 0.774. The van der Waals surface area contributed by atoms with Crippen molar-refractivity contribution in [1.82, 2.24) is 9.97 Å². The van der Waals surface area contributed by atoms with E-state index in [9.17, 15) is 4.39 Å². The second-order valence-corrected chi connectivity index (χ2v) is 4.08. The number of rotatable bonds is 1. The van der Waals surface area contributed by atoms with E-state index < -0.39 is 5.54 Å². The lowest BCUT2D eigenvalue weighted by molar-refractivity contribution is 0.539. The van der Waals surface area contributed by atoms with E-state index >= 15 is 0 Å². The summed E-state index contributed by atoms with van der Waals surface area (Å²) in [6.07, 6.45) is 1.34. The number of halogens is 1. The molecule has 0 spiro atoms. The highest BCUT2D eigenvalue weighted by atomic mass is 19.1. The molecule has 4 heteroatoms. The summed E-state index contributed by atoms with van der Waals surface area (Å²) in [5.74, 6) is -0.347. The van der Waals surface area contributed by atoms with E-state index in [1.54, 1.807) is 12.1 Å². The summed E-state index contributed by atoms with van der Waals surface area (Å²) in [6, 6.07) is 4.79. The van der Waals surface area contributed by atoms with Gasteiger partial charge < -0.3 is 5.73 Å². The maximum absolute atomic E-state index is 13.4. The van der Waals surface area contributed by atoms with Crippen molar-refractivity contribution < 1.29 is 4.39 Å². The largest absolute Gasteiger partial charge is 0.321 e. The lowest BCUT2D eigenvalue weighted by Gasteiger charge is -2.19. The third kappa shape index (κ3) is 1.68. The Morgan fingerprint density at radius 3 is 2.67 bits per heavy atom. The molecule has 3 nitrogen and oxygen atoms in total. The van der Waals surface area contributed by atoms with Crippen molar-refractivity contribution in [2.45, 2.75) is 19.4 Å². The lowest BCUT2D eigenvalue weighted by Crippen LogP contribution is -2.30. The molecule has 0 saturated heterocycles. The number of aromatic nitrogens is 2. The normalized spacial score (nSPS) is 12.0. The highest BCUT2D eigenvalue weighted by molar-refractivity contribution is 5.81. The Kier molecular flexibility index (Phi) is 2.16. The molecule has 2 N–H and O–H groups in total. The van der Waals surface area contributed by atoms with Crippen LogP contribution < -0.4 is 5.73 Å². The van der Waals surface area contributed by atoms with Crippen LogP contribution in [0.25, 0.3) is 10.9 Å². The molecule has 2 rings (SSSR count). The van der Waals surface area contributed by atoms with Crippen molar-refractivity contribution in [1.29, 1.82) is 0 Å². The van der Waals surface area contributed by atoms with Crippen LogP contribution in [0.2, 0.25) is 0 Å². The van der Waals surface area contributed by atoms with Crippen molar-refractivity contribution in [3.8, 4) is 0 Å². The van der Waals surface area contributed by atoms with Gasteiger partial charge in [-0.25, -0.2) is 14.4 Å². The molecule has 0 amide bonds. The average molecular weight is 205 g/mol. The number of nitrogens with two attached hydrogens (primary N) is 1. The van der Waals surface area contributed by atoms with Gasteiger partial charge in [-0.2, -0.15) is 0 Å². The van der Waals surface area contributed by atoms with E-state index in [0.29, 0.717) is 16.6 Å². The summed E-state index contributed by atoms with van der Waals surface area (Å²) in [4.78, 5) is 8.03. The van der Waals surface area contributed by atoms with E-state index in [2.05, 4.69) is 9.97 Å². The first kappa shape index (κ1) is 9.98. The van der Waals surface area contributed by atoms with Crippen LogP contribution in [0.3, 0.4) is 0 Å². The van der Waals surface area contributed by atoms with Gasteiger partial charge in [-0.15, -0.1) is 0 Å². The Morgan fingerprint density at radius 1 is 1.27 bits per heavy atom. The molecule has 0 saturated carbocycles. The van der Waals surface area contributed by atoms with Crippen LogP contribution in [-0.2, 0) is 5.54 Å². The molecular formula is C11H12FN3. The average Bonchev–Trinajstić information content (AvgIpc) is 2.16. The molecule has 78 valence electrons. The van der Waals surface area contributed by atoms with E-state index in [-0.39, 0.29) is 5.82 Å². The third-order valence-corrected chi connectivity index (χ3v) is 2.23. The minimum absolute atomic E-state index is 0.320. The van der Waals surface area contributed by atoms with Gasteiger partial charge in [0.2, 0.25) is 0 Å². The molecule has 0 aliphatic rings. The number of fused-ring (bicyclic) bond motifs is 1. The molecule has 0 aliphatic carbocycles. The predicted molar refractivity (Wildman–Crippen MR) is 56.7 cm³/mol. The molecule has 0 fully saturated rings. The first-order chi connectivity index (χ1) is 7.00. The number of hydrogen-bond donors (Lipinski definition) is 1. The van der Waals surface area contributed by atoms with Gasteiger partial charge in [0.1, 0.15) is 17.7 Å². The Hall–Kier alpha value is -1.55. The van der Waals surface area contributed by atoms with E-state index in [0.717, 1.165) is 0 Å². The van der Waals surface area contributed by atoms with Crippen LogP contribution in [0, 0.1) is 5.82 Å². The summed E-state index contributed by atoms with van der Waals surface area (Å²) in [5.41, 5.74) is 6.34. The number of benzene rings is 1. The fraction of sp³-hybridized carbons (Fsp3) is 0.273. The Labute approximate surface area is 87.2 Å². The minimum atomic E-state index is -0.602. The van der Waals surface area contributed by atoms with Crippen LogP contribution in [-0.4, -0.2) is 9.97 Å². The van der Waals surface area contributed by atoms with Crippen molar-refractivity contribution in [2.75, 3.05) is 0 Å². The second-order valence-electron chi connectivity index (χ2n) is 4.08. The van der Waals surface area contributed by atoms with Gasteiger partial charge in [-0.05, 0) is 19.9 Å².